The summed E-state index contributed by atoms with van der Waals surface area (Å²) in [4.78, 5) is 14.7. The Morgan fingerprint density at radius 3 is 2.23 bits per heavy atom. The largest absolute Gasteiger partial charge is 0.338 e. The summed E-state index contributed by atoms with van der Waals surface area (Å²) < 4.78 is 29.1. The Hall–Kier alpha value is -1.77. The summed E-state index contributed by atoms with van der Waals surface area (Å²) in [5, 5.41) is 1.39. The van der Waals surface area contributed by atoms with E-state index in [0.29, 0.717) is 10.7 Å². The van der Waals surface area contributed by atoms with Crippen LogP contribution in [0.3, 0.4) is 0 Å². The summed E-state index contributed by atoms with van der Waals surface area (Å²) in [5.41, 5.74) is 1.26. The van der Waals surface area contributed by atoms with E-state index in [-0.39, 0.29) is 47.0 Å². The second kappa shape index (κ2) is 8.05. The van der Waals surface area contributed by atoms with Gasteiger partial charge in [0.15, 0.2) is 0 Å². The molecule has 158 valence electrons. The summed E-state index contributed by atoms with van der Waals surface area (Å²) in [7, 11) is -2.02. The molecule has 30 heavy (non-hydrogen) atoms. The van der Waals surface area contributed by atoms with Crippen molar-refractivity contribution in [2.45, 2.75) is 4.90 Å². The number of hydrogen-bond acceptors (Lipinski definition) is 3. The minimum Gasteiger partial charge on any atom is -0.338 e. The van der Waals surface area contributed by atoms with Crippen LogP contribution in [-0.2, 0) is 17.1 Å². The molecule has 0 aliphatic carbocycles. The molecular weight excluding hydrogens is 469 g/mol. The average Bonchev–Trinajstić information content (AvgIpc) is 3.00. The van der Waals surface area contributed by atoms with Crippen LogP contribution in [0.4, 0.5) is 0 Å². The molecule has 0 atom stereocenters. The van der Waals surface area contributed by atoms with Gasteiger partial charge in [0.2, 0.25) is 10.0 Å². The van der Waals surface area contributed by atoms with Gasteiger partial charge in [0, 0.05) is 44.1 Å². The van der Waals surface area contributed by atoms with E-state index in [4.69, 9.17) is 34.8 Å². The van der Waals surface area contributed by atoms with Crippen molar-refractivity contribution in [1.82, 2.24) is 13.8 Å². The highest BCUT2D eigenvalue weighted by atomic mass is 35.5. The first-order valence-electron chi connectivity index (χ1n) is 9.20. The summed E-state index contributed by atoms with van der Waals surface area (Å²) in [5.74, 6) is -0.225. The van der Waals surface area contributed by atoms with Gasteiger partial charge in [-0.2, -0.15) is 4.31 Å². The van der Waals surface area contributed by atoms with E-state index in [9.17, 15) is 13.2 Å². The summed E-state index contributed by atoms with van der Waals surface area (Å²) in [6.45, 7) is 0.791. The van der Waals surface area contributed by atoms with Crippen LogP contribution in [0.2, 0.25) is 15.1 Å². The van der Waals surface area contributed by atoms with Gasteiger partial charge in [-0.05, 0) is 18.2 Å². The molecule has 0 N–H and O–H groups in total. The van der Waals surface area contributed by atoms with Crippen molar-refractivity contribution in [1.29, 1.82) is 0 Å². The van der Waals surface area contributed by atoms with E-state index in [1.54, 1.807) is 22.6 Å². The Labute approximate surface area is 189 Å². The first-order valence-corrected chi connectivity index (χ1v) is 11.8. The minimum atomic E-state index is -3.82. The van der Waals surface area contributed by atoms with Gasteiger partial charge in [0.05, 0.1) is 15.1 Å². The lowest BCUT2D eigenvalue weighted by atomic mass is 10.2. The number of hydrogen-bond donors (Lipinski definition) is 0. The van der Waals surface area contributed by atoms with Crippen molar-refractivity contribution in [3.8, 4) is 0 Å². The highest BCUT2D eigenvalue weighted by Crippen LogP contribution is 2.33. The molecule has 2 aromatic carbocycles. The Morgan fingerprint density at radius 1 is 0.900 bits per heavy atom. The Bertz CT molecular complexity index is 1210. The first-order chi connectivity index (χ1) is 14.2. The van der Waals surface area contributed by atoms with Crippen molar-refractivity contribution in [2.75, 3.05) is 26.2 Å². The predicted molar refractivity (Wildman–Crippen MR) is 119 cm³/mol. The molecule has 2 heterocycles. The van der Waals surface area contributed by atoms with Gasteiger partial charge in [-0.3, -0.25) is 4.79 Å². The highest BCUT2D eigenvalue weighted by Gasteiger charge is 2.33. The van der Waals surface area contributed by atoms with Gasteiger partial charge < -0.3 is 9.47 Å². The molecule has 1 aromatic heterocycles. The van der Waals surface area contributed by atoms with E-state index in [1.807, 2.05) is 24.3 Å². The van der Waals surface area contributed by atoms with Crippen LogP contribution in [0.1, 0.15) is 10.5 Å². The monoisotopic (exact) mass is 485 g/mol. The zero-order chi connectivity index (χ0) is 21.6. The number of piperazine rings is 1. The molecule has 0 saturated carbocycles. The summed E-state index contributed by atoms with van der Waals surface area (Å²) >= 11 is 18.6. The molecule has 1 fully saturated rings. The normalized spacial score (nSPS) is 15.7. The second-order valence-corrected chi connectivity index (χ2v) is 10.1. The average molecular weight is 487 g/mol. The van der Waals surface area contributed by atoms with Crippen LogP contribution in [0.15, 0.2) is 47.4 Å². The van der Waals surface area contributed by atoms with E-state index in [0.717, 1.165) is 10.9 Å². The molecule has 0 unspecified atom stereocenters. The topological polar surface area (TPSA) is 62.6 Å². The molecule has 1 saturated heterocycles. The Morgan fingerprint density at radius 2 is 1.57 bits per heavy atom. The first kappa shape index (κ1) is 21.5. The van der Waals surface area contributed by atoms with Gasteiger partial charge in [0.25, 0.3) is 5.91 Å². The van der Waals surface area contributed by atoms with Crippen molar-refractivity contribution < 1.29 is 13.2 Å². The number of fused-ring (bicyclic) bond motifs is 1. The number of carbonyl (C=O) groups excluding carboxylic acids is 1. The van der Waals surface area contributed by atoms with E-state index in [2.05, 4.69) is 0 Å². The third kappa shape index (κ3) is 3.48. The lowest BCUT2D eigenvalue weighted by Gasteiger charge is -2.34. The number of nitrogens with zero attached hydrogens (tertiary/aromatic N) is 3. The second-order valence-electron chi connectivity index (χ2n) is 6.99. The standard InChI is InChI=1S/C20H18Cl3N3O3S/c1-24-15-7-3-2-5-13(15)17(22)19(24)20(27)25-9-11-26(12-10-25)30(28,29)16-8-4-6-14(21)18(16)23/h2-8H,9-12H2,1H3. The molecule has 4 rings (SSSR count). The van der Waals surface area contributed by atoms with Gasteiger partial charge in [0.1, 0.15) is 10.6 Å². The lowest BCUT2D eigenvalue weighted by Crippen LogP contribution is -2.50. The predicted octanol–water partition coefficient (Wildman–Crippen LogP) is 4.29. The van der Waals surface area contributed by atoms with Crippen LogP contribution in [0.25, 0.3) is 10.9 Å². The third-order valence-corrected chi connectivity index (χ3v) is 8.56. The van der Waals surface area contributed by atoms with Gasteiger partial charge >= 0.3 is 0 Å². The fourth-order valence-corrected chi connectivity index (χ4v) is 6.21. The van der Waals surface area contributed by atoms with Gasteiger partial charge in [-0.25, -0.2) is 8.42 Å². The van der Waals surface area contributed by atoms with E-state index in [1.165, 1.54) is 16.4 Å². The maximum absolute atomic E-state index is 13.2. The number of aromatic nitrogens is 1. The molecule has 0 bridgehead atoms. The number of halogens is 3. The van der Waals surface area contributed by atoms with Crippen LogP contribution in [-0.4, -0.2) is 54.3 Å². The summed E-state index contributed by atoms with van der Waals surface area (Å²) in [6.07, 6.45) is 0. The number of para-hydroxylation sites is 1. The molecule has 0 spiro atoms. The molecular formula is C20H18Cl3N3O3S. The Balaban J connectivity index is 1.55. The lowest BCUT2D eigenvalue weighted by molar-refractivity contribution is 0.0689. The molecule has 1 aliphatic heterocycles. The zero-order valence-corrected chi connectivity index (χ0v) is 19.1. The molecule has 0 radical (unpaired) electrons. The number of aryl methyl sites for hydroxylation is 1. The molecule has 3 aromatic rings. The molecule has 6 nitrogen and oxygen atoms in total. The number of carbonyl (C=O) groups is 1. The third-order valence-electron chi connectivity index (χ3n) is 5.31. The fraction of sp³-hybridized carbons (Fsp3) is 0.250. The van der Waals surface area contributed by atoms with Crippen molar-refractivity contribution in [3.05, 3.63) is 63.2 Å². The molecule has 10 heteroatoms. The Kier molecular flexibility index (Phi) is 5.76. The quantitative estimate of drug-likeness (QED) is 0.555. The maximum atomic E-state index is 13.2. The van der Waals surface area contributed by atoms with E-state index >= 15 is 0 Å². The zero-order valence-electron chi connectivity index (χ0n) is 16.0. The highest BCUT2D eigenvalue weighted by molar-refractivity contribution is 7.89. The number of rotatable bonds is 3. The fourth-order valence-electron chi connectivity index (χ4n) is 3.69. The van der Waals surface area contributed by atoms with Crippen molar-refractivity contribution >= 4 is 61.6 Å². The van der Waals surface area contributed by atoms with Crippen molar-refractivity contribution in [2.24, 2.45) is 7.05 Å². The molecule has 1 aliphatic rings. The number of amides is 1. The van der Waals surface area contributed by atoms with Gasteiger partial charge in [-0.15, -0.1) is 0 Å². The van der Waals surface area contributed by atoms with Crippen LogP contribution in [0.5, 0.6) is 0 Å². The smallest absolute Gasteiger partial charge is 0.272 e. The minimum absolute atomic E-state index is 0.0000418. The van der Waals surface area contributed by atoms with Crippen molar-refractivity contribution in [3.63, 3.8) is 0 Å². The summed E-state index contributed by atoms with van der Waals surface area (Å²) in [6, 6.07) is 12.0. The van der Waals surface area contributed by atoms with Crippen LogP contribution >= 0.6 is 34.8 Å². The number of sulfonamides is 1. The maximum Gasteiger partial charge on any atom is 0.272 e. The van der Waals surface area contributed by atoms with Gasteiger partial charge in [-0.1, -0.05) is 59.1 Å². The van der Waals surface area contributed by atoms with E-state index < -0.39 is 10.0 Å². The van der Waals surface area contributed by atoms with Crippen LogP contribution in [0, 0.1) is 0 Å². The number of benzene rings is 2. The SMILES string of the molecule is Cn1c(C(=O)N2CCN(S(=O)(=O)c3cccc(Cl)c3Cl)CC2)c(Cl)c2ccccc21. The molecule has 1 amide bonds. The van der Waals surface area contributed by atoms with Crippen LogP contribution < -0.4 is 0 Å².